The summed E-state index contributed by atoms with van der Waals surface area (Å²) in [5.74, 6) is 1.58. The van der Waals surface area contributed by atoms with Crippen molar-refractivity contribution in [1.82, 2.24) is 5.01 Å². The zero-order valence-corrected chi connectivity index (χ0v) is 5.99. The van der Waals surface area contributed by atoms with Gasteiger partial charge >= 0.3 is 0 Å². The standard InChI is InChI=1S/C7H12N2O/c10-8-9-4-6-2-1-3-7(6)5-9/h6-7H,1-5H2/i4+1,5+1,6+1,7+1. The first-order valence-electron chi connectivity index (χ1n) is 3.98. The average Bonchev–Trinajstić information content (AvgIpc) is 2.42. The number of nitroso groups, excluding NO2 is 1. The van der Waals surface area contributed by atoms with Crippen molar-refractivity contribution >= 4 is 0 Å². The van der Waals surface area contributed by atoms with Gasteiger partial charge in [0, 0.05) is 13.1 Å². The maximum absolute atomic E-state index is 10.1. The van der Waals surface area contributed by atoms with Gasteiger partial charge in [0.1, 0.15) is 0 Å². The summed E-state index contributed by atoms with van der Waals surface area (Å²) in [6, 6.07) is 0. The summed E-state index contributed by atoms with van der Waals surface area (Å²) in [6.07, 6.45) is 4.00. The van der Waals surface area contributed by atoms with Crippen LogP contribution in [0.4, 0.5) is 0 Å². The second-order valence-electron chi connectivity index (χ2n) is 3.40. The third-order valence-electron chi connectivity index (χ3n) is 2.82. The summed E-state index contributed by atoms with van der Waals surface area (Å²) in [6.45, 7) is 1.85. The maximum atomic E-state index is 10.1. The van der Waals surface area contributed by atoms with Crippen molar-refractivity contribution in [1.29, 1.82) is 0 Å². The van der Waals surface area contributed by atoms with Gasteiger partial charge in [-0.25, -0.2) is 0 Å². The Morgan fingerprint density at radius 3 is 2.30 bits per heavy atom. The molecule has 1 aliphatic heterocycles. The van der Waals surface area contributed by atoms with Crippen LogP contribution < -0.4 is 0 Å². The van der Waals surface area contributed by atoms with E-state index >= 15 is 0 Å². The highest BCUT2D eigenvalue weighted by Crippen LogP contribution is 2.37. The van der Waals surface area contributed by atoms with Crippen molar-refractivity contribution in [2.75, 3.05) is 13.1 Å². The molecule has 0 aromatic heterocycles. The Morgan fingerprint density at radius 2 is 1.80 bits per heavy atom. The van der Waals surface area contributed by atoms with Gasteiger partial charge < -0.3 is 0 Å². The van der Waals surface area contributed by atoms with Crippen molar-refractivity contribution in [2.24, 2.45) is 17.1 Å². The summed E-state index contributed by atoms with van der Waals surface area (Å²) in [7, 11) is 0. The van der Waals surface area contributed by atoms with Crippen LogP contribution in [0.5, 0.6) is 0 Å². The van der Waals surface area contributed by atoms with Crippen LogP contribution in [0.1, 0.15) is 19.3 Å². The molecule has 2 atom stereocenters. The lowest BCUT2D eigenvalue weighted by Gasteiger charge is -2.05. The molecule has 2 fully saturated rings. The molecule has 0 spiro atoms. The molecule has 1 saturated carbocycles. The van der Waals surface area contributed by atoms with Crippen molar-refractivity contribution in [2.45, 2.75) is 19.3 Å². The molecule has 2 rings (SSSR count). The van der Waals surface area contributed by atoms with Gasteiger partial charge in [-0.1, -0.05) is 6.42 Å². The molecule has 1 saturated heterocycles. The van der Waals surface area contributed by atoms with E-state index in [2.05, 4.69) is 5.29 Å². The zero-order chi connectivity index (χ0) is 6.97. The van der Waals surface area contributed by atoms with Crippen LogP contribution in [0, 0.1) is 16.7 Å². The molecule has 0 radical (unpaired) electrons. The van der Waals surface area contributed by atoms with Gasteiger partial charge in [0.05, 0.1) is 5.29 Å². The Morgan fingerprint density at radius 1 is 1.20 bits per heavy atom. The minimum absolute atomic E-state index is 0.790. The number of hydrogen-bond acceptors (Lipinski definition) is 2. The van der Waals surface area contributed by atoms with E-state index in [4.69, 9.17) is 0 Å². The summed E-state index contributed by atoms with van der Waals surface area (Å²) in [5.41, 5.74) is 0. The number of rotatable bonds is 1. The smallest absolute Gasteiger partial charge is 0.0524 e. The normalized spacial score (nSPS) is 38.2. The second kappa shape index (κ2) is 2.22. The summed E-state index contributed by atoms with van der Waals surface area (Å²) in [5, 5.41) is 4.63. The summed E-state index contributed by atoms with van der Waals surface area (Å²) in [4.78, 5) is 10.1. The van der Waals surface area contributed by atoms with E-state index < -0.39 is 0 Å². The molecule has 0 N–H and O–H groups in total. The highest BCUT2D eigenvalue weighted by molar-refractivity contribution is 4.86. The Hall–Kier alpha value is -0.600. The number of hydrogen-bond donors (Lipinski definition) is 0. The van der Waals surface area contributed by atoms with Crippen molar-refractivity contribution in [3.05, 3.63) is 4.91 Å². The van der Waals surface area contributed by atoms with E-state index in [1.807, 2.05) is 0 Å². The first-order valence-corrected chi connectivity index (χ1v) is 3.98. The lowest BCUT2D eigenvalue weighted by Crippen LogP contribution is -2.13. The molecule has 3 nitrogen and oxygen atoms in total. The molecule has 10 heavy (non-hydrogen) atoms. The van der Waals surface area contributed by atoms with Crippen molar-refractivity contribution < 1.29 is 0 Å². The minimum Gasteiger partial charge on any atom is -0.260 e. The fraction of sp³-hybridized carbons (Fsp3) is 1.00. The lowest BCUT2D eigenvalue weighted by molar-refractivity contribution is 0.324. The van der Waals surface area contributed by atoms with Crippen LogP contribution in [-0.2, 0) is 0 Å². The Kier molecular flexibility index (Phi) is 1.36. The monoisotopic (exact) mass is 144 g/mol. The number of nitrogens with zero attached hydrogens (tertiary/aromatic N) is 2. The van der Waals surface area contributed by atoms with Gasteiger partial charge in [0.2, 0.25) is 0 Å². The van der Waals surface area contributed by atoms with Gasteiger partial charge in [-0.05, 0) is 24.7 Å². The Labute approximate surface area is 60.3 Å². The third kappa shape index (κ3) is 0.805. The second-order valence-corrected chi connectivity index (χ2v) is 3.40. The molecule has 3 heteroatoms. The number of fused-ring (bicyclic) bond motifs is 1. The van der Waals surface area contributed by atoms with Crippen LogP contribution in [0.2, 0.25) is 0 Å². The highest BCUT2D eigenvalue weighted by Gasteiger charge is 2.36. The molecular weight excluding hydrogens is 132 g/mol. The zero-order valence-electron chi connectivity index (χ0n) is 5.99. The molecule has 0 aromatic carbocycles. The van der Waals surface area contributed by atoms with E-state index in [1.165, 1.54) is 19.3 Å². The fourth-order valence-electron chi connectivity index (χ4n) is 2.28. The predicted molar refractivity (Wildman–Crippen MR) is 38.2 cm³/mol. The Bertz CT molecular complexity index is 137. The van der Waals surface area contributed by atoms with Crippen molar-refractivity contribution in [3.63, 3.8) is 0 Å². The average molecular weight is 144 g/mol. The van der Waals surface area contributed by atoms with Gasteiger partial charge in [-0.3, -0.25) is 5.01 Å². The van der Waals surface area contributed by atoms with Crippen LogP contribution in [0.3, 0.4) is 0 Å². The topological polar surface area (TPSA) is 32.7 Å². The van der Waals surface area contributed by atoms with Crippen LogP contribution in [0.15, 0.2) is 5.29 Å². The quantitative estimate of drug-likeness (QED) is 0.411. The van der Waals surface area contributed by atoms with Gasteiger partial charge in [-0.15, -0.1) is 4.91 Å². The Balaban J connectivity index is 1.99. The third-order valence-corrected chi connectivity index (χ3v) is 2.82. The SMILES string of the molecule is O=NN1[13CH2][13CH]2CCC[13CH]2[13CH2]1. The minimum atomic E-state index is 0.790. The molecule has 56 valence electrons. The van der Waals surface area contributed by atoms with Crippen LogP contribution in [0.25, 0.3) is 0 Å². The highest BCUT2D eigenvalue weighted by atomic mass is 16.3. The molecule has 2 unspecified atom stereocenters. The fourth-order valence-corrected chi connectivity index (χ4v) is 2.28. The van der Waals surface area contributed by atoms with Gasteiger partial charge in [-0.2, -0.15) is 0 Å². The van der Waals surface area contributed by atoms with Crippen LogP contribution in [-0.4, -0.2) is 18.1 Å². The van der Waals surface area contributed by atoms with Gasteiger partial charge in [0.25, 0.3) is 0 Å². The first-order chi connectivity index (χ1) is 4.90. The lowest BCUT2D eigenvalue weighted by atomic mass is 10.4. The van der Waals surface area contributed by atoms with E-state index in [9.17, 15) is 4.91 Å². The molecule has 2 aliphatic rings. The maximum Gasteiger partial charge on any atom is 0.0524 e. The molecule has 1 aliphatic carbocycles. The van der Waals surface area contributed by atoms with Gasteiger partial charge in [0.15, 0.2) is 0 Å². The largest absolute Gasteiger partial charge is 0.260 e. The van der Waals surface area contributed by atoms with Crippen molar-refractivity contribution in [3.8, 4) is 0 Å². The summed E-state index contributed by atoms with van der Waals surface area (Å²) < 4.78 is 0. The van der Waals surface area contributed by atoms with E-state index in [-0.39, 0.29) is 0 Å². The molecule has 0 aromatic rings. The molecule has 0 bridgehead atoms. The summed E-state index contributed by atoms with van der Waals surface area (Å²) >= 11 is 0. The van der Waals surface area contributed by atoms with Crippen LogP contribution >= 0.6 is 0 Å². The van der Waals surface area contributed by atoms with E-state index in [0.29, 0.717) is 0 Å². The molecule has 0 amide bonds. The van der Waals surface area contributed by atoms with E-state index in [1.54, 1.807) is 5.01 Å². The molecule has 1 heterocycles. The predicted octanol–water partition coefficient (Wildman–Crippen LogP) is 1.40. The van der Waals surface area contributed by atoms with E-state index in [0.717, 1.165) is 24.9 Å². The molecular formula is C7H12N2O. The first kappa shape index (κ1) is 6.13.